The second-order valence-corrected chi connectivity index (χ2v) is 9.47. The highest BCUT2D eigenvalue weighted by Crippen LogP contribution is 2.47. The fourth-order valence-electron chi connectivity index (χ4n) is 4.41. The van der Waals surface area contributed by atoms with Crippen LogP contribution in [0.15, 0.2) is 44.8 Å². The molecule has 0 saturated heterocycles. The van der Waals surface area contributed by atoms with Crippen LogP contribution < -0.4 is 0 Å². The molecule has 2 aliphatic heterocycles. The average molecular weight is 503 g/mol. The fourth-order valence-corrected chi connectivity index (χ4v) is 5.69. The molecule has 9 heteroatoms. The summed E-state index contributed by atoms with van der Waals surface area (Å²) in [5, 5.41) is 7.84. The number of ether oxygens (including phenoxy) is 3. The number of fused-ring (bicyclic) bond motifs is 1. The van der Waals surface area contributed by atoms with Crippen molar-refractivity contribution in [3.05, 3.63) is 55.9 Å². The second-order valence-electron chi connectivity index (χ2n) is 7.91. The monoisotopic (exact) mass is 502 g/mol. The van der Waals surface area contributed by atoms with Crippen LogP contribution in [0.2, 0.25) is 0 Å². The molecule has 0 bridgehead atoms. The minimum Gasteiger partial charge on any atom is -0.377 e. The summed E-state index contributed by atoms with van der Waals surface area (Å²) in [6.07, 6.45) is -0.750. The molecule has 0 fully saturated rings. The third-order valence-corrected chi connectivity index (χ3v) is 7.06. The maximum absolute atomic E-state index is 14.0. The van der Waals surface area contributed by atoms with Gasteiger partial charge in [-0.15, -0.1) is 0 Å². The lowest BCUT2D eigenvalue weighted by Gasteiger charge is -2.28. The molecule has 2 aliphatic rings. The summed E-state index contributed by atoms with van der Waals surface area (Å²) >= 11 is 3.06. The first kappa shape index (κ1) is 24.8. The predicted octanol–water partition coefficient (Wildman–Crippen LogP) is 4.44. The molecule has 2 amide bonds. The molecular weight excluding hydrogens is 472 g/mol. The van der Waals surface area contributed by atoms with Crippen LogP contribution in [0.1, 0.15) is 38.8 Å². The Bertz CT molecular complexity index is 1070. The van der Waals surface area contributed by atoms with E-state index in [0.29, 0.717) is 48.9 Å². The molecule has 1 unspecified atom stereocenters. The molecular formula is C25H30N2O5S2. The van der Waals surface area contributed by atoms with Crippen LogP contribution in [-0.2, 0) is 23.8 Å². The van der Waals surface area contributed by atoms with Crippen LogP contribution in [0.25, 0.3) is 11.4 Å². The van der Waals surface area contributed by atoms with Gasteiger partial charge in [0.15, 0.2) is 6.29 Å². The molecule has 1 atom stereocenters. The van der Waals surface area contributed by atoms with E-state index in [0.717, 1.165) is 11.1 Å². The molecule has 0 aliphatic carbocycles. The Labute approximate surface area is 208 Å². The summed E-state index contributed by atoms with van der Waals surface area (Å²) in [5.74, 6) is -0.383. The largest absolute Gasteiger partial charge is 0.377 e. The van der Waals surface area contributed by atoms with Gasteiger partial charge in [0, 0.05) is 41.7 Å². The number of amides is 2. The van der Waals surface area contributed by atoms with E-state index in [-0.39, 0.29) is 24.5 Å². The van der Waals surface area contributed by atoms with Gasteiger partial charge in [0.1, 0.15) is 0 Å². The summed E-state index contributed by atoms with van der Waals surface area (Å²) < 4.78 is 17.2. The lowest BCUT2D eigenvalue weighted by atomic mass is 10.0. The van der Waals surface area contributed by atoms with E-state index < -0.39 is 6.29 Å². The van der Waals surface area contributed by atoms with Crippen molar-refractivity contribution in [1.82, 2.24) is 9.80 Å². The van der Waals surface area contributed by atoms with E-state index in [1.54, 1.807) is 9.80 Å². The Morgan fingerprint density at radius 3 is 1.65 bits per heavy atom. The Morgan fingerprint density at radius 1 is 0.765 bits per heavy atom. The van der Waals surface area contributed by atoms with E-state index in [1.807, 2.05) is 61.3 Å². The van der Waals surface area contributed by atoms with Gasteiger partial charge in [-0.05, 0) is 50.6 Å². The van der Waals surface area contributed by atoms with Crippen molar-refractivity contribution in [3.63, 3.8) is 0 Å². The molecule has 0 N–H and O–H groups in total. The van der Waals surface area contributed by atoms with Gasteiger partial charge < -0.3 is 24.0 Å². The highest BCUT2D eigenvalue weighted by Gasteiger charge is 2.49. The fraction of sp³-hybridized carbons (Fsp3) is 0.440. The highest BCUT2D eigenvalue weighted by atomic mass is 32.1. The van der Waals surface area contributed by atoms with E-state index in [4.69, 9.17) is 14.2 Å². The molecule has 0 saturated carbocycles. The first-order chi connectivity index (χ1) is 16.5. The van der Waals surface area contributed by atoms with Crippen LogP contribution in [0.4, 0.5) is 0 Å². The van der Waals surface area contributed by atoms with E-state index in [9.17, 15) is 9.59 Å². The average Bonchev–Trinajstić information content (AvgIpc) is 3.59. The zero-order chi connectivity index (χ0) is 24.2. The Hall–Kier alpha value is -2.30. The van der Waals surface area contributed by atoms with Crippen molar-refractivity contribution in [2.75, 3.05) is 32.9 Å². The first-order valence-corrected chi connectivity index (χ1v) is 13.4. The van der Waals surface area contributed by atoms with E-state index >= 15 is 0 Å². The smallest absolute Gasteiger partial charge is 0.261 e. The van der Waals surface area contributed by atoms with Crippen molar-refractivity contribution in [2.24, 2.45) is 0 Å². The van der Waals surface area contributed by atoms with Gasteiger partial charge in [0.25, 0.3) is 11.8 Å². The molecule has 0 radical (unpaired) electrons. The molecule has 0 aromatic carbocycles. The van der Waals surface area contributed by atoms with Crippen LogP contribution in [0, 0.1) is 0 Å². The van der Waals surface area contributed by atoms with Crippen molar-refractivity contribution in [3.8, 4) is 0 Å². The van der Waals surface area contributed by atoms with Crippen LogP contribution >= 0.6 is 22.7 Å². The predicted molar refractivity (Wildman–Crippen MR) is 134 cm³/mol. The van der Waals surface area contributed by atoms with Gasteiger partial charge in [-0.1, -0.05) is 0 Å². The highest BCUT2D eigenvalue weighted by molar-refractivity contribution is 7.08. The third kappa shape index (κ3) is 4.63. The number of nitrogens with zero attached hydrogens (tertiary/aromatic N) is 2. The number of thiophene rings is 2. The summed E-state index contributed by atoms with van der Waals surface area (Å²) in [6, 6.07) is 3.89. The van der Waals surface area contributed by atoms with Crippen LogP contribution in [-0.4, -0.2) is 66.9 Å². The lowest BCUT2D eigenvalue weighted by molar-refractivity contribution is -0.150. The summed E-state index contributed by atoms with van der Waals surface area (Å²) in [5.41, 5.74) is 3.86. The maximum Gasteiger partial charge on any atom is 0.261 e. The molecule has 182 valence electrons. The van der Waals surface area contributed by atoms with Crippen molar-refractivity contribution < 1.29 is 23.8 Å². The van der Waals surface area contributed by atoms with Gasteiger partial charge >= 0.3 is 0 Å². The molecule has 2 aromatic rings. The molecule has 34 heavy (non-hydrogen) atoms. The molecule has 7 nitrogen and oxygen atoms in total. The lowest BCUT2D eigenvalue weighted by Crippen LogP contribution is -2.38. The SMILES string of the molecule is CCOC(C)CN1C(=O)C2=C(c3ccsc3)N(CC(OCC)OCC)C(=O)C2=C1c1ccsc1. The summed E-state index contributed by atoms with van der Waals surface area (Å²) in [6.45, 7) is 9.71. The van der Waals surface area contributed by atoms with Gasteiger partial charge in [-0.25, -0.2) is 0 Å². The Balaban J connectivity index is 1.85. The number of rotatable bonds is 12. The molecule has 4 heterocycles. The summed E-state index contributed by atoms with van der Waals surface area (Å²) in [7, 11) is 0. The number of carbonyl (C=O) groups excluding carboxylic acids is 2. The quantitative estimate of drug-likeness (QED) is 0.402. The number of hydrogen-bond donors (Lipinski definition) is 0. The zero-order valence-electron chi connectivity index (χ0n) is 19.9. The minimum absolute atomic E-state index is 0.168. The van der Waals surface area contributed by atoms with Gasteiger partial charge in [-0.2, -0.15) is 22.7 Å². The zero-order valence-corrected chi connectivity index (χ0v) is 21.5. The maximum atomic E-state index is 14.0. The topological polar surface area (TPSA) is 68.3 Å². The Morgan fingerprint density at radius 2 is 1.24 bits per heavy atom. The van der Waals surface area contributed by atoms with Crippen LogP contribution in [0.3, 0.4) is 0 Å². The van der Waals surface area contributed by atoms with Crippen molar-refractivity contribution in [1.29, 1.82) is 0 Å². The molecule has 2 aromatic heterocycles. The summed E-state index contributed by atoms with van der Waals surface area (Å²) in [4.78, 5) is 31.2. The first-order valence-electron chi connectivity index (χ1n) is 11.5. The van der Waals surface area contributed by atoms with Gasteiger partial charge in [0.05, 0.1) is 41.7 Å². The van der Waals surface area contributed by atoms with Gasteiger partial charge in [0.2, 0.25) is 0 Å². The number of hydrogen-bond acceptors (Lipinski definition) is 7. The normalized spacial score (nSPS) is 17.1. The van der Waals surface area contributed by atoms with Crippen LogP contribution in [0.5, 0.6) is 0 Å². The van der Waals surface area contributed by atoms with Crippen molar-refractivity contribution in [2.45, 2.75) is 40.1 Å². The van der Waals surface area contributed by atoms with Crippen molar-refractivity contribution >= 4 is 45.9 Å². The molecule has 0 spiro atoms. The standard InChI is InChI=1S/C25H30N2O5S2/c1-5-30-16(4)12-26-22(17-8-10-33-14-17)20-21(24(26)28)23(18-9-11-34-15-18)27(25(20)29)13-19(31-6-2)32-7-3/h8-11,14-16,19H,5-7,12-13H2,1-4H3. The van der Waals surface area contributed by atoms with E-state index in [1.165, 1.54) is 22.7 Å². The minimum atomic E-state index is -0.582. The Kier molecular flexibility index (Phi) is 8.00. The second kappa shape index (κ2) is 11.0. The van der Waals surface area contributed by atoms with E-state index in [2.05, 4.69) is 0 Å². The van der Waals surface area contributed by atoms with Gasteiger partial charge in [-0.3, -0.25) is 9.59 Å². The number of carbonyl (C=O) groups is 2. The third-order valence-electron chi connectivity index (χ3n) is 5.70. The molecule has 4 rings (SSSR count).